The van der Waals surface area contributed by atoms with Crippen molar-refractivity contribution in [2.24, 2.45) is 5.14 Å². The average Bonchev–Trinajstić information content (AvgIpc) is 2.55. The predicted octanol–water partition coefficient (Wildman–Crippen LogP) is 0.0735. The standard InChI is InChI=1S/C15H21N3O6S2/c1-10(19)17-13(7-8-25-2)15(21)24-9-14(20)18-11-3-5-12(6-4-11)26(16,22)23/h3-6,13H,7-9H2,1-2H3,(H,17,19)(H,18,20)(H2,16,22,23)/t13-/m0/s1. The lowest BCUT2D eigenvalue weighted by molar-refractivity contribution is -0.150. The van der Waals surface area contributed by atoms with E-state index in [1.54, 1.807) is 0 Å². The van der Waals surface area contributed by atoms with Crippen molar-refractivity contribution in [1.29, 1.82) is 0 Å². The second kappa shape index (κ2) is 10.1. The van der Waals surface area contributed by atoms with E-state index in [9.17, 15) is 22.8 Å². The number of anilines is 1. The fourth-order valence-electron chi connectivity index (χ4n) is 1.89. The molecule has 0 heterocycles. The quantitative estimate of drug-likeness (QED) is 0.495. The molecule has 1 aromatic carbocycles. The Hall–Kier alpha value is -2.11. The largest absolute Gasteiger partial charge is 0.454 e. The second-order valence-corrected chi connectivity index (χ2v) is 7.81. The summed E-state index contributed by atoms with van der Waals surface area (Å²) in [6, 6.07) is 4.39. The minimum Gasteiger partial charge on any atom is -0.454 e. The van der Waals surface area contributed by atoms with Crippen molar-refractivity contribution < 1.29 is 27.5 Å². The summed E-state index contributed by atoms with van der Waals surface area (Å²) in [6.07, 6.45) is 2.25. The van der Waals surface area contributed by atoms with Gasteiger partial charge in [-0.25, -0.2) is 18.4 Å². The van der Waals surface area contributed by atoms with Gasteiger partial charge in [-0.1, -0.05) is 0 Å². The van der Waals surface area contributed by atoms with Crippen LogP contribution >= 0.6 is 11.8 Å². The Labute approximate surface area is 156 Å². The van der Waals surface area contributed by atoms with Gasteiger partial charge in [-0.2, -0.15) is 11.8 Å². The van der Waals surface area contributed by atoms with Crippen LogP contribution < -0.4 is 15.8 Å². The summed E-state index contributed by atoms with van der Waals surface area (Å²) in [5, 5.41) is 9.92. The smallest absolute Gasteiger partial charge is 0.329 e. The van der Waals surface area contributed by atoms with Gasteiger partial charge in [0.15, 0.2) is 6.61 Å². The molecule has 144 valence electrons. The van der Waals surface area contributed by atoms with Crippen LogP contribution in [0.15, 0.2) is 29.2 Å². The zero-order valence-electron chi connectivity index (χ0n) is 14.4. The first-order valence-electron chi connectivity index (χ1n) is 7.49. The van der Waals surface area contributed by atoms with Gasteiger partial charge in [-0.15, -0.1) is 0 Å². The van der Waals surface area contributed by atoms with Gasteiger partial charge in [0, 0.05) is 12.6 Å². The van der Waals surface area contributed by atoms with Crippen LogP contribution in [0.3, 0.4) is 0 Å². The lowest BCUT2D eigenvalue weighted by Crippen LogP contribution is -2.42. The van der Waals surface area contributed by atoms with E-state index >= 15 is 0 Å². The molecule has 1 rings (SSSR count). The van der Waals surface area contributed by atoms with Crippen LogP contribution in [-0.2, 0) is 29.1 Å². The number of thioether (sulfide) groups is 1. The maximum atomic E-state index is 12.0. The second-order valence-electron chi connectivity index (χ2n) is 5.26. The maximum absolute atomic E-state index is 12.0. The molecule has 0 bridgehead atoms. The van der Waals surface area contributed by atoms with Gasteiger partial charge < -0.3 is 15.4 Å². The monoisotopic (exact) mass is 403 g/mol. The minimum absolute atomic E-state index is 0.0890. The van der Waals surface area contributed by atoms with E-state index in [-0.39, 0.29) is 10.8 Å². The van der Waals surface area contributed by atoms with Crippen molar-refractivity contribution in [3.63, 3.8) is 0 Å². The van der Waals surface area contributed by atoms with Crippen molar-refractivity contribution >= 4 is 45.3 Å². The van der Waals surface area contributed by atoms with E-state index in [1.165, 1.54) is 43.0 Å². The Balaban J connectivity index is 2.56. The molecule has 0 aliphatic heterocycles. The minimum atomic E-state index is -3.82. The number of sulfonamides is 1. The number of esters is 1. The summed E-state index contributed by atoms with van der Waals surface area (Å²) in [5.41, 5.74) is 0.319. The fraction of sp³-hybridized carbons (Fsp3) is 0.400. The first-order valence-corrected chi connectivity index (χ1v) is 10.4. The Morgan fingerprint density at radius 2 is 1.85 bits per heavy atom. The Morgan fingerprint density at radius 3 is 2.35 bits per heavy atom. The molecule has 1 atom stereocenters. The number of rotatable bonds is 9. The molecular weight excluding hydrogens is 382 g/mol. The Morgan fingerprint density at radius 1 is 1.23 bits per heavy atom. The van der Waals surface area contributed by atoms with Crippen LogP contribution in [0.25, 0.3) is 0 Å². The van der Waals surface area contributed by atoms with Crippen molar-refractivity contribution in [3.8, 4) is 0 Å². The van der Waals surface area contributed by atoms with E-state index in [2.05, 4.69) is 10.6 Å². The van der Waals surface area contributed by atoms with Crippen LogP contribution in [0.4, 0.5) is 5.69 Å². The van der Waals surface area contributed by atoms with Crippen LogP contribution in [0, 0.1) is 0 Å². The van der Waals surface area contributed by atoms with Gasteiger partial charge in [0.25, 0.3) is 5.91 Å². The average molecular weight is 403 g/mol. The third-order valence-corrected chi connectivity index (χ3v) is 4.66. The zero-order chi connectivity index (χ0) is 19.7. The molecule has 26 heavy (non-hydrogen) atoms. The molecule has 0 spiro atoms. The highest BCUT2D eigenvalue weighted by Gasteiger charge is 2.21. The van der Waals surface area contributed by atoms with Gasteiger partial charge in [0.1, 0.15) is 6.04 Å². The molecule has 0 fully saturated rings. The van der Waals surface area contributed by atoms with Crippen LogP contribution in [0.5, 0.6) is 0 Å². The van der Waals surface area contributed by atoms with Gasteiger partial charge in [-0.3, -0.25) is 9.59 Å². The molecule has 0 unspecified atom stereocenters. The number of amides is 2. The van der Waals surface area contributed by atoms with Crippen LogP contribution in [0.2, 0.25) is 0 Å². The van der Waals surface area contributed by atoms with Crippen molar-refractivity contribution in [1.82, 2.24) is 5.32 Å². The summed E-state index contributed by atoms with van der Waals surface area (Å²) in [4.78, 5) is 34.9. The predicted molar refractivity (Wildman–Crippen MR) is 98.0 cm³/mol. The normalized spacial score (nSPS) is 12.1. The molecule has 0 aliphatic rings. The SMILES string of the molecule is CSCC[C@H](NC(C)=O)C(=O)OCC(=O)Nc1ccc(S(N)(=O)=O)cc1. The van der Waals surface area contributed by atoms with Crippen molar-refractivity contribution in [2.45, 2.75) is 24.3 Å². The number of primary sulfonamides is 1. The molecule has 0 aliphatic carbocycles. The summed E-state index contributed by atoms with van der Waals surface area (Å²) in [6.45, 7) is 0.752. The summed E-state index contributed by atoms with van der Waals surface area (Å²) < 4.78 is 27.2. The number of nitrogens with one attached hydrogen (secondary N) is 2. The van der Waals surface area contributed by atoms with E-state index in [0.29, 0.717) is 17.9 Å². The summed E-state index contributed by atoms with van der Waals surface area (Å²) in [7, 11) is -3.82. The lowest BCUT2D eigenvalue weighted by atomic mass is 10.2. The number of benzene rings is 1. The van der Waals surface area contributed by atoms with Gasteiger partial charge in [-0.05, 0) is 42.7 Å². The highest BCUT2D eigenvalue weighted by molar-refractivity contribution is 7.98. The third-order valence-electron chi connectivity index (χ3n) is 3.08. The summed E-state index contributed by atoms with van der Waals surface area (Å²) >= 11 is 1.51. The van der Waals surface area contributed by atoms with Gasteiger partial charge >= 0.3 is 5.97 Å². The van der Waals surface area contributed by atoms with Gasteiger partial charge in [0.05, 0.1) is 4.90 Å². The number of hydrogen-bond donors (Lipinski definition) is 3. The number of carbonyl (C=O) groups excluding carboxylic acids is 3. The molecule has 0 aromatic heterocycles. The number of nitrogens with two attached hydrogens (primary N) is 1. The van der Waals surface area contributed by atoms with Crippen LogP contribution in [-0.4, -0.2) is 50.9 Å². The van der Waals surface area contributed by atoms with E-state index in [1.807, 2.05) is 6.26 Å². The highest BCUT2D eigenvalue weighted by Crippen LogP contribution is 2.12. The van der Waals surface area contributed by atoms with Crippen molar-refractivity contribution in [2.75, 3.05) is 23.9 Å². The molecule has 0 saturated heterocycles. The van der Waals surface area contributed by atoms with Crippen molar-refractivity contribution in [3.05, 3.63) is 24.3 Å². The number of ether oxygens (including phenoxy) is 1. The molecule has 2 amide bonds. The summed E-state index contributed by atoms with van der Waals surface area (Å²) in [5.74, 6) is -1.03. The van der Waals surface area contributed by atoms with Gasteiger partial charge in [0.2, 0.25) is 15.9 Å². The van der Waals surface area contributed by atoms with E-state index in [4.69, 9.17) is 9.88 Å². The Kier molecular flexibility index (Phi) is 8.55. The molecule has 1 aromatic rings. The molecule has 9 nitrogen and oxygen atoms in total. The third kappa shape index (κ3) is 7.85. The maximum Gasteiger partial charge on any atom is 0.329 e. The first kappa shape index (κ1) is 21.9. The first-order chi connectivity index (χ1) is 12.1. The highest BCUT2D eigenvalue weighted by atomic mass is 32.2. The van der Waals surface area contributed by atoms with E-state index in [0.717, 1.165) is 0 Å². The zero-order valence-corrected chi connectivity index (χ0v) is 16.0. The Bertz CT molecular complexity index is 749. The molecule has 0 saturated carbocycles. The molecule has 4 N–H and O–H groups in total. The number of carbonyl (C=O) groups is 3. The molecule has 11 heteroatoms. The molecule has 0 radical (unpaired) electrons. The lowest BCUT2D eigenvalue weighted by Gasteiger charge is -2.16. The topological polar surface area (TPSA) is 145 Å². The fourth-order valence-corrected chi connectivity index (χ4v) is 2.88. The van der Waals surface area contributed by atoms with Crippen LogP contribution in [0.1, 0.15) is 13.3 Å². The molecular formula is C15H21N3O6S2. The number of hydrogen-bond acceptors (Lipinski definition) is 7. The van der Waals surface area contributed by atoms with E-state index < -0.39 is 34.5 Å².